The summed E-state index contributed by atoms with van der Waals surface area (Å²) in [5.41, 5.74) is 1.28. The molecule has 13 heavy (non-hydrogen) atoms. The van der Waals surface area contributed by atoms with Crippen molar-refractivity contribution in [1.29, 1.82) is 0 Å². The van der Waals surface area contributed by atoms with Gasteiger partial charge in [0.15, 0.2) is 0 Å². The Labute approximate surface area is 79.6 Å². The Morgan fingerprint density at radius 2 is 2.23 bits per heavy atom. The molecule has 2 aliphatic heterocycles. The van der Waals surface area contributed by atoms with Crippen LogP contribution in [0.1, 0.15) is 20.3 Å². The summed E-state index contributed by atoms with van der Waals surface area (Å²) in [6.07, 6.45) is 1.14. The molecule has 0 aromatic rings. The maximum Gasteiger partial charge on any atom is 0.126 e. The van der Waals surface area contributed by atoms with Crippen molar-refractivity contribution in [3.05, 3.63) is 0 Å². The van der Waals surface area contributed by atoms with E-state index >= 15 is 0 Å². The van der Waals surface area contributed by atoms with Crippen LogP contribution in [0.3, 0.4) is 0 Å². The monoisotopic (exact) mass is 179 g/mol. The lowest BCUT2D eigenvalue weighted by Crippen LogP contribution is -2.39. The fraction of sp³-hybridized carbons (Fsp3) is 0.800. The van der Waals surface area contributed by atoms with E-state index in [1.54, 1.807) is 0 Å². The lowest BCUT2D eigenvalue weighted by molar-refractivity contribution is 0.345. The lowest BCUT2D eigenvalue weighted by atomic mass is 10.1. The standard InChI is InChI=1S/C10H17N3/c1-7(2)10-11-8-4-5-13(3)6-9(8)12-10/h7-8H,4-6H2,1-3H3. The molecule has 0 saturated carbocycles. The van der Waals surface area contributed by atoms with Gasteiger partial charge in [-0.1, -0.05) is 13.8 Å². The Morgan fingerprint density at radius 3 is 2.92 bits per heavy atom. The molecule has 2 aliphatic rings. The van der Waals surface area contributed by atoms with E-state index in [1.807, 2.05) is 0 Å². The van der Waals surface area contributed by atoms with Crippen LogP contribution in [0.25, 0.3) is 0 Å². The predicted molar refractivity (Wildman–Crippen MR) is 55.6 cm³/mol. The quantitative estimate of drug-likeness (QED) is 0.594. The van der Waals surface area contributed by atoms with Gasteiger partial charge in [0.05, 0.1) is 11.8 Å². The first-order chi connectivity index (χ1) is 6.16. The minimum absolute atomic E-state index is 0.411. The van der Waals surface area contributed by atoms with Crippen LogP contribution in [-0.4, -0.2) is 42.6 Å². The molecular formula is C10H17N3. The van der Waals surface area contributed by atoms with Crippen LogP contribution in [0.5, 0.6) is 0 Å². The fourth-order valence-electron chi connectivity index (χ4n) is 1.83. The minimum Gasteiger partial charge on any atom is -0.301 e. The molecule has 0 aromatic heterocycles. The van der Waals surface area contributed by atoms with E-state index in [-0.39, 0.29) is 0 Å². The van der Waals surface area contributed by atoms with E-state index in [9.17, 15) is 0 Å². The molecular weight excluding hydrogens is 162 g/mol. The SMILES string of the molecule is CC(C)C1=NC2CCN(C)CC2=N1. The van der Waals surface area contributed by atoms with Crippen molar-refractivity contribution in [2.24, 2.45) is 15.9 Å². The van der Waals surface area contributed by atoms with Crippen LogP contribution in [0, 0.1) is 5.92 Å². The first-order valence-corrected chi connectivity index (χ1v) is 5.00. The molecule has 1 saturated heterocycles. The van der Waals surface area contributed by atoms with Crippen LogP contribution in [0.2, 0.25) is 0 Å². The average Bonchev–Trinajstić information content (AvgIpc) is 2.46. The van der Waals surface area contributed by atoms with Gasteiger partial charge in [-0.05, 0) is 13.5 Å². The van der Waals surface area contributed by atoms with Gasteiger partial charge in [0.25, 0.3) is 0 Å². The molecule has 1 unspecified atom stereocenters. The smallest absolute Gasteiger partial charge is 0.126 e. The number of fused-ring (bicyclic) bond motifs is 1. The van der Waals surface area contributed by atoms with E-state index in [0.29, 0.717) is 12.0 Å². The lowest BCUT2D eigenvalue weighted by Gasteiger charge is -2.25. The van der Waals surface area contributed by atoms with Crippen LogP contribution < -0.4 is 0 Å². The van der Waals surface area contributed by atoms with Crippen molar-refractivity contribution in [3.8, 4) is 0 Å². The molecule has 0 aliphatic carbocycles. The number of hydrogen-bond donors (Lipinski definition) is 0. The van der Waals surface area contributed by atoms with E-state index in [4.69, 9.17) is 0 Å². The van der Waals surface area contributed by atoms with Crippen LogP contribution in [-0.2, 0) is 0 Å². The Morgan fingerprint density at radius 1 is 1.46 bits per heavy atom. The molecule has 0 N–H and O–H groups in total. The van der Waals surface area contributed by atoms with Crippen LogP contribution in [0.15, 0.2) is 9.98 Å². The molecule has 0 radical (unpaired) electrons. The summed E-state index contributed by atoms with van der Waals surface area (Å²) in [6.45, 7) is 6.47. The highest BCUT2D eigenvalue weighted by Crippen LogP contribution is 2.18. The number of aliphatic imine (C=N–C) groups is 2. The van der Waals surface area contributed by atoms with E-state index in [2.05, 4.69) is 35.8 Å². The Kier molecular flexibility index (Phi) is 2.20. The summed E-state index contributed by atoms with van der Waals surface area (Å²) < 4.78 is 0. The summed E-state index contributed by atoms with van der Waals surface area (Å²) in [5.74, 6) is 1.53. The molecule has 1 fully saturated rings. The maximum absolute atomic E-state index is 4.63. The summed E-state index contributed by atoms with van der Waals surface area (Å²) in [5, 5.41) is 0. The summed E-state index contributed by atoms with van der Waals surface area (Å²) in [4.78, 5) is 11.5. The second kappa shape index (κ2) is 3.22. The highest BCUT2D eigenvalue weighted by Gasteiger charge is 2.28. The van der Waals surface area contributed by atoms with E-state index in [1.165, 1.54) is 5.71 Å². The van der Waals surface area contributed by atoms with Crippen molar-refractivity contribution in [2.75, 3.05) is 20.1 Å². The Balaban J connectivity index is 2.14. The van der Waals surface area contributed by atoms with Crippen molar-refractivity contribution >= 4 is 11.5 Å². The fourth-order valence-corrected chi connectivity index (χ4v) is 1.83. The van der Waals surface area contributed by atoms with Gasteiger partial charge in [-0.3, -0.25) is 4.99 Å². The summed E-state index contributed by atoms with van der Waals surface area (Å²) in [6, 6.07) is 0.411. The molecule has 72 valence electrons. The highest BCUT2D eigenvalue weighted by molar-refractivity contribution is 6.07. The topological polar surface area (TPSA) is 28.0 Å². The second-order valence-electron chi connectivity index (χ2n) is 4.29. The van der Waals surface area contributed by atoms with Gasteiger partial charge in [0.1, 0.15) is 5.84 Å². The Hall–Kier alpha value is -0.700. The first kappa shape index (κ1) is 8.88. The van der Waals surface area contributed by atoms with Gasteiger partial charge in [-0.15, -0.1) is 0 Å². The van der Waals surface area contributed by atoms with Gasteiger partial charge >= 0.3 is 0 Å². The van der Waals surface area contributed by atoms with Crippen LogP contribution in [0.4, 0.5) is 0 Å². The summed E-state index contributed by atoms with van der Waals surface area (Å²) >= 11 is 0. The molecule has 0 aromatic carbocycles. The average molecular weight is 179 g/mol. The van der Waals surface area contributed by atoms with Crippen molar-refractivity contribution in [2.45, 2.75) is 26.3 Å². The number of nitrogens with zero attached hydrogens (tertiary/aromatic N) is 3. The third kappa shape index (κ3) is 1.66. The zero-order valence-corrected chi connectivity index (χ0v) is 8.62. The number of likely N-dealkylation sites (tertiary alicyclic amines) is 1. The molecule has 3 heteroatoms. The van der Waals surface area contributed by atoms with E-state index < -0.39 is 0 Å². The molecule has 3 nitrogen and oxygen atoms in total. The number of piperidine rings is 1. The van der Waals surface area contributed by atoms with Crippen molar-refractivity contribution in [1.82, 2.24) is 4.90 Å². The Bertz CT molecular complexity index is 265. The van der Waals surface area contributed by atoms with Gasteiger partial charge in [-0.2, -0.15) is 0 Å². The molecule has 1 atom stereocenters. The summed E-state index contributed by atoms with van der Waals surface area (Å²) in [7, 11) is 2.14. The normalized spacial score (nSPS) is 28.8. The molecule has 0 spiro atoms. The highest BCUT2D eigenvalue weighted by atomic mass is 15.2. The largest absolute Gasteiger partial charge is 0.301 e. The van der Waals surface area contributed by atoms with Gasteiger partial charge in [-0.25, -0.2) is 4.99 Å². The zero-order chi connectivity index (χ0) is 9.42. The predicted octanol–water partition coefficient (Wildman–Crippen LogP) is 1.20. The third-order valence-corrected chi connectivity index (χ3v) is 2.66. The minimum atomic E-state index is 0.411. The van der Waals surface area contributed by atoms with Crippen LogP contribution >= 0.6 is 0 Å². The molecule has 0 bridgehead atoms. The van der Waals surface area contributed by atoms with Crippen molar-refractivity contribution < 1.29 is 0 Å². The molecule has 2 rings (SSSR count). The number of amidine groups is 1. The zero-order valence-electron chi connectivity index (χ0n) is 8.62. The van der Waals surface area contributed by atoms with Gasteiger partial charge in [0.2, 0.25) is 0 Å². The van der Waals surface area contributed by atoms with Gasteiger partial charge < -0.3 is 4.90 Å². The second-order valence-corrected chi connectivity index (χ2v) is 4.29. The maximum atomic E-state index is 4.63. The van der Waals surface area contributed by atoms with Crippen molar-refractivity contribution in [3.63, 3.8) is 0 Å². The van der Waals surface area contributed by atoms with Gasteiger partial charge in [0, 0.05) is 19.0 Å². The molecule has 0 amide bonds. The number of rotatable bonds is 1. The first-order valence-electron chi connectivity index (χ1n) is 5.00. The third-order valence-electron chi connectivity index (χ3n) is 2.66. The molecule has 2 heterocycles. The van der Waals surface area contributed by atoms with E-state index in [0.717, 1.165) is 25.3 Å². The number of hydrogen-bond acceptors (Lipinski definition) is 3.